The predicted molar refractivity (Wildman–Crippen MR) is 77.2 cm³/mol. The molecular formula is C14H13N3OS. The highest BCUT2D eigenvalue weighted by molar-refractivity contribution is 7.15. The lowest BCUT2D eigenvalue weighted by Gasteiger charge is -2.01. The Bertz CT molecular complexity index is 635. The van der Waals surface area contributed by atoms with Crippen molar-refractivity contribution < 1.29 is 4.79 Å². The number of carbonyl (C=O) groups is 1. The van der Waals surface area contributed by atoms with Gasteiger partial charge in [-0.2, -0.15) is 0 Å². The van der Waals surface area contributed by atoms with Gasteiger partial charge in [-0.05, 0) is 31.2 Å². The lowest BCUT2D eigenvalue weighted by Crippen LogP contribution is -2.11. The van der Waals surface area contributed by atoms with Crippen LogP contribution in [0.1, 0.15) is 20.8 Å². The Morgan fingerprint density at radius 1 is 1.42 bits per heavy atom. The third-order valence-corrected chi connectivity index (χ3v) is 3.15. The van der Waals surface area contributed by atoms with Gasteiger partial charge in [0.2, 0.25) is 0 Å². The Morgan fingerprint density at radius 2 is 2.16 bits per heavy atom. The second kappa shape index (κ2) is 6.14. The third kappa shape index (κ3) is 3.65. The van der Waals surface area contributed by atoms with Crippen molar-refractivity contribution >= 4 is 22.4 Å². The molecule has 0 bridgehead atoms. The SMILES string of the molecule is Cc1cnc(NC(=O)c2ccc(C#CCN)cc2)s1. The number of benzene rings is 1. The molecule has 0 saturated carbocycles. The minimum Gasteiger partial charge on any atom is -0.320 e. The maximum absolute atomic E-state index is 11.9. The maximum atomic E-state index is 11.9. The summed E-state index contributed by atoms with van der Waals surface area (Å²) < 4.78 is 0. The average molecular weight is 271 g/mol. The molecule has 1 heterocycles. The molecule has 0 unspecified atom stereocenters. The monoisotopic (exact) mass is 271 g/mol. The number of aryl methyl sites for hydroxylation is 1. The van der Waals surface area contributed by atoms with Gasteiger partial charge in [-0.3, -0.25) is 10.1 Å². The van der Waals surface area contributed by atoms with Crippen LogP contribution in [0.15, 0.2) is 30.5 Å². The van der Waals surface area contributed by atoms with E-state index in [1.807, 2.05) is 6.92 Å². The molecule has 0 atom stereocenters. The van der Waals surface area contributed by atoms with E-state index in [4.69, 9.17) is 5.73 Å². The third-order valence-electron chi connectivity index (χ3n) is 2.32. The molecule has 0 fully saturated rings. The number of nitrogens with two attached hydrogens (primary N) is 1. The number of aromatic nitrogens is 1. The van der Waals surface area contributed by atoms with Crippen LogP contribution in [0, 0.1) is 18.8 Å². The van der Waals surface area contributed by atoms with Gasteiger partial charge in [-0.15, -0.1) is 11.3 Å². The van der Waals surface area contributed by atoms with Gasteiger partial charge in [0.05, 0.1) is 6.54 Å². The molecule has 1 amide bonds. The first kappa shape index (κ1) is 13.3. The van der Waals surface area contributed by atoms with Crippen molar-refractivity contribution in [3.05, 3.63) is 46.5 Å². The first-order chi connectivity index (χ1) is 9.19. The highest BCUT2D eigenvalue weighted by atomic mass is 32.1. The van der Waals surface area contributed by atoms with Crippen LogP contribution in [0.5, 0.6) is 0 Å². The summed E-state index contributed by atoms with van der Waals surface area (Å²) >= 11 is 1.45. The lowest BCUT2D eigenvalue weighted by atomic mass is 10.1. The van der Waals surface area contributed by atoms with Crippen LogP contribution in [-0.2, 0) is 0 Å². The summed E-state index contributed by atoms with van der Waals surface area (Å²) in [7, 11) is 0. The summed E-state index contributed by atoms with van der Waals surface area (Å²) in [4.78, 5) is 17.1. The van der Waals surface area contributed by atoms with Crippen molar-refractivity contribution in [2.24, 2.45) is 5.73 Å². The van der Waals surface area contributed by atoms with Crippen molar-refractivity contribution in [2.45, 2.75) is 6.92 Å². The summed E-state index contributed by atoms with van der Waals surface area (Å²) in [6.07, 6.45) is 1.73. The fourth-order valence-electron chi connectivity index (χ4n) is 1.44. The molecule has 3 N–H and O–H groups in total. The van der Waals surface area contributed by atoms with Crippen LogP contribution < -0.4 is 11.1 Å². The molecule has 2 rings (SSSR count). The van der Waals surface area contributed by atoms with Crippen molar-refractivity contribution in [3.8, 4) is 11.8 Å². The van der Waals surface area contributed by atoms with Crippen LogP contribution in [0.4, 0.5) is 5.13 Å². The Morgan fingerprint density at radius 3 is 2.74 bits per heavy atom. The van der Waals surface area contributed by atoms with E-state index in [1.165, 1.54) is 11.3 Å². The zero-order valence-corrected chi connectivity index (χ0v) is 11.3. The molecule has 19 heavy (non-hydrogen) atoms. The van der Waals surface area contributed by atoms with E-state index in [2.05, 4.69) is 22.1 Å². The average Bonchev–Trinajstić information content (AvgIpc) is 2.82. The smallest absolute Gasteiger partial charge is 0.257 e. The molecule has 0 aliphatic rings. The number of nitrogens with one attached hydrogen (secondary N) is 1. The largest absolute Gasteiger partial charge is 0.320 e. The molecule has 1 aromatic carbocycles. The topological polar surface area (TPSA) is 68.0 Å². The molecule has 1 aromatic heterocycles. The Hall–Kier alpha value is -2.16. The van der Waals surface area contributed by atoms with E-state index < -0.39 is 0 Å². The number of thiazole rings is 1. The number of hydrogen-bond acceptors (Lipinski definition) is 4. The van der Waals surface area contributed by atoms with Gasteiger partial charge >= 0.3 is 0 Å². The zero-order valence-electron chi connectivity index (χ0n) is 10.4. The van der Waals surface area contributed by atoms with Gasteiger partial charge in [0.25, 0.3) is 5.91 Å². The molecule has 0 radical (unpaired) electrons. The molecule has 2 aromatic rings. The fraction of sp³-hybridized carbons (Fsp3) is 0.143. The zero-order chi connectivity index (χ0) is 13.7. The predicted octanol–water partition coefficient (Wildman–Crippen LogP) is 2.01. The van der Waals surface area contributed by atoms with Crippen molar-refractivity contribution in [2.75, 3.05) is 11.9 Å². The standard InChI is InChI=1S/C14H13N3OS/c1-10-9-16-14(19-10)17-13(18)12-6-4-11(5-7-12)3-2-8-15/h4-7,9H,8,15H2,1H3,(H,16,17,18). The number of carbonyl (C=O) groups excluding carboxylic acids is 1. The maximum Gasteiger partial charge on any atom is 0.257 e. The van der Waals surface area contributed by atoms with Gasteiger partial charge < -0.3 is 5.73 Å². The van der Waals surface area contributed by atoms with E-state index >= 15 is 0 Å². The van der Waals surface area contributed by atoms with Crippen LogP contribution in [-0.4, -0.2) is 17.4 Å². The molecule has 0 saturated heterocycles. The lowest BCUT2D eigenvalue weighted by molar-refractivity contribution is 0.102. The molecular weight excluding hydrogens is 258 g/mol. The molecule has 96 valence electrons. The number of anilines is 1. The minimum absolute atomic E-state index is 0.173. The first-order valence-electron chi connectivity index (χ1n) is 5.72. The number of nitrogens with zero attached hydrogens (tertiary/aromatic N) is 1. The van der Waals surface area contributed by atoms with E-state index in [9.17, 15) is 4.79 Å². The first-order valence-corrected chi connectivity index (χ1v) is 6.53. The van der Waals surface area contributed by atoms with Crippen LogP contribution in [0.3, 0.4) is 0 Å². The van der Waals surface area contributed by atoms with Crippen LogP contribution in [0.2, 0.25) is 0 Å². The highest BCUT2D eigenvalue weighted by Gasteiger charge is 2.07. The van der Waals surface area contributed by atoms with E-state index in [1.54, 1.807) is 30.5 Å². The second-order valence-electron chi connectivity index (χ2n) is 3.81. The summed E-state index contributed by atoms with van der Waals surface area (Å²) in [5.74, 6) is 5.50. The normalized spacial score (nSPS) is 9.58. The Balaban J connectivity index is 2.07. The summed E-state index contributed by atoms with van der Waals surface area (Å²) in [5.41, 5.74) is 6.71. The van der Waals surface area contributed by atoms with E-state index in [0.29, 0.717) is 17.2 Å². The summed E-state index contributed by atoms with van der Waals surface area (Å²) in [6, 6.07) is 7.06. The van der Waals surface area contributed by atoms with E-state index in [-0.39, 0.29) is 5.91 Å². The second-order valence-corrected chi connectivity index (χ2v) is 5.05. The molecule has 0 aliphatic carbocycles. The number of hydrogen-bond donors (Lipinski definition) is 2. The minimum atomic E-state index is -0.173. The van der Waals surface area contributed by atoms with Gasteiger partial charge in [-0.1, -0.05) is 11.8 Å². The van der Waals surface area contributed by atoms with Crippen molar-refractivity contribution in [1.29, 1.82) is 0 Å². The molecule has 0 aliphatic heterocycles. The van der Waals surface area contributed by atoms with Gasteiger partial charge in [0, 0.05) is 22.2 Å². The van der Waals surface area contributed by atoms with Gasteiger partial charge in [-0.25, -0.2) is 4.98 Å². The van der Waals surface area contributed by atoms with Gasteiger partial charge in [0.15, 0.2) is 5.13 Å². The Labute approximate surface area is 115 Å². The number of amides is 1. The summed E-state index contributed by atoms with van der Waals surface area (Å²) in [6.45, 7) is 2.27. The van der Waals surface area contributed by atoms with Gasteiger partial charge in [0.1, 0.15) is 0 Å². The quantitative estimate of drug-likeness (QED) is 0.821. The van der Waals surface area contributed by atoms with E-state index in [0.717, 1.165) is 10.4 Å². The van der Waals surface area contributed by atoms with Crippen molar-refractivity contribution in [1.82, 2.24) is 4.98 Å². The van der Waals surface area contributed by atoms with Crippen molar-refractivity contribution in [3.63, 3.8) is 0 Å². The molecule has 4 nitrogen and oxygen atoms in total. The highest BCUT2D eigenvalue weighted by Crippen LogP contribution is 2.17. The summed E-state index contributed by atoms with van der Waals surface area (Å²) in [5, 5.41) is 3.36. The Kier molecular flexibility index (Phi) is 4.29. The molecule has 5 heteroatoms. The fourth-order valence-corrected chi connectivity index (χ4v) is 2.10. The molecule has 0 spiro atoms. The number of rotatable bonds is 2. The van der Waals surface area contributed by atoms with Crippen LogP contribution >= 0.6 is 11.3 Å². The van der Waals surface area contributed by atoms with Crippen LogP contribution in [0.25, 0.3) is 0 Å².